The lowest BCUT2D eigenvalue weighted by Crippen LogP contribution is -2.30. The van der Waals surface area contributed by atoms with E-state index in [0.717, 1.165) is 5.56 Å². The Kier molecular flexibility index (Phi) is 6.39. The molecule has 2 aromatic carbocycles. The third-order valence-corrected chi connectivity index (χ3v) is 3.72. The van der Waals surface area contributed by atoms with Crippen LogP contribution in [0, 0.1) is 0 Å². The number of amides is 1. The maximum Gasteiger partial charge on any atom is 0.307 e. The van der Waals surface area contributed by atoms with Crippen molar-refractivity contribution in [2.75, 3.05) is 21.3 Å². The van der Waals surface area contributed by atoms with Crippen molar-refractivity contribution in [3.63, 3.8) is 0 Å². The molecule has 0 saturated heterocycles. The second-order valence-corrected chi connectivity index (χ2v) is 5.32. The zero-order valence-corrected chi connectivity index (χ0v) is 14.4. The number of nitrogens with one attached hydrogen (secondary N) is 1. The minimum absolute atomic E-state index is 0.0351. The summed E-state index contributed by atoms with van der Waals surface area (Å²) in [7, 11) is 4.35. The van der Waals surface area contributed by atoms with Crippen LogP contribution < -0.4 is 14.8 Å². The summed E-state index contributed by atoms with van der Waals surface area (Å²) in [5.41, 5.74) is 1.19. The predicted octanol–water partition coefficient (Wildman–Crippen LogP) is 2.74. The Balaban J connectivity index is 2.26. The van der Waals surface area contributed by atoms with Crippen LogP contribution in [0.25, 0.3) is 0 Å². The van der Waals surface area contributed by atoms with Gasteiger partial charge in [0, 0.05) is 11.6 Å². The van der Waals surface area contributed by atoms with Gasteiger partial charge < -0.3 is 19.5 Å². The van der Waals surface area contributed by atoms with E-state index in [2.05, 4.69) is 5.32 Å². The van der Waals surface area contributed by atoms with E-state index in [9.17, 15) is 9.59 Å². The normalized spacial score (nSPS) is 11.3. The Morgan fingerprint density at radius 2 is 1.56 bits per heavy atom. The summed E-state index contributed by atoms with van der Waals surface area (Å²) in [6.07, 6.45) is 0.0351. The van der Waals surface area contributed by atoms with Crippen molar-refractivity contribution in [1.82, 2.24) is 5.32 Å². The zero-order valence-electron chi connectivity index (χ0n) is 14.4. The fraction of sp³-hybridized carbons (Fsp3) is 0.263. The topological polar surface area (TPSA) is 73.9 Å². The first-order valence-electron chi connectivity index (χ1n) is 7.73. The fourth-order valence-corrected chi connectivity index (χ4v) is 2.37. The number of methoxy groups -OCH3 is 3. The number of hydrogen-bond donors (Lipinski definition) is 1. The molecule has 1 N–H and O–H groups in total. The Morgan fingerprint density at radius 1 is 0.960 bits per heavy atom. The van der Waals surface area contributed by atoms with Crippen molar-refractivity contribution < 1.29 is 23.8 Å². The lowest BCUT2D eigenvalue weighted by atomic mass is 10.0. The van der Waals surface area contributed by atoms with Gasteiger partial charge in [0.25, 0.3) is 5.91 Å². The average Bonchev–Trinajstić information content (AvgIpc) is 2.67. The van der Waals surface area contributed by atoms with E-state index < -0.39 is 12.0 Å². The average molecular weight is 343 g/mol. The van der Waals surface area contributed by atoms with E-state index in [-0.39, 0.29) is 12.3 Å². The Morgan fingerprint density at radius 3 is 2.08 bits per heavy atom. The van der Waals surface area contributed by atoms with E-state index in [0.29, 0.717) is 17.1 Å². The quantitative estimate of drug-likeness (QED) is 0.783. The number of carbonyl (C=O) groups is 2. The largest absolute Gasteiger partial charge is 0.497 e. The highest BCUT2D eigenvalue weighted by Gasteiger charge is 2.20. The molecule has 1 amide bonds. The number of benzene rings is 2. The van der Waals surface area contributed by atoms with Gasteiger partial charge in [0.1, 0.15) is 11.5 Å². The molecule has 6 nitrogen and oxygen atoms in total. The van der Waals surface area contributed by atoms with Crippen LogP contribution in [0.3, 0.4) is 0 Å². The molecule has 0 aliphatic carbocycles. The van der Waals surface area contributed by atoms with Gasteiger partial charge in [-0.15, -0.1) is 0 Å². The van der Waals surface area contributed by atoms with Crippen LogP contribution in [0.1, 0.15) is 28.4 Å². The standard InChI is InChI=1S/C19H21NO5/c1-23-15-9-14(10-16(11-15)24-2)19(22)20-17(12-18(21)25-3)13-7-5-4-6-8-13/h4-11,17H,12H2,1-3H3,(H,20,22). The van der Waals surface area contributed by atoms with Gasteiger partial charge >= 0.3 is 5.97 Å². The summed E-state index contributed by atoms with van der Waals surface area (Å²) < 4.78 is 15.1. The molecule has 0 bridgehead atoms. The molecule has 0 heterocycles. The van der Waals surface area contributed by atoms with Crippen molar-refractivity contribution in [1.29, 1.82) is 0 Å². The molecular weight excluding hydrogens is 322 g/mol. The maximum atomic E-state index is 12.7. The van der Waals surface area contributed by atoms with Gasteiger partial charge in [0.05, 0.1) is 33.8 Å². The van der Waals surface area contributed by atoms with Crippen molar-refractivity contribution in [3.8, 4) is 11.5 Å². The lowest BCUT2D eigenvalue weighted by Gasteiger charge is -2.18. The summed E-state index contributed by atoms with van der Waals surface area (Å²) in [5, 5.41) is 2.87. The van der Waals surface area contributed by atoms with Gasteiger partial charge in [0.2, 0.25) is 0 Å². The molecule has 2 aromatic rings. The van der Waals surface area contributed by atoms with Crippen molar-refractivity contribution in [2.24, 2.45) is 0 Å². The third-order valence-electron chi connectivity index (χ3n) is 3.72. The van der Waals surface area contributed by atoms with Crippen LogP contribution in [0.15, 0.2) is 48.5 Å². The number of rotatable bonds is 7. The van der Waals surface area contributed by atoms with Gasteiger partial charge in [-0.05, 0) is 17.7 Å². The molecule has 0 saturated carbocycles. The van der Waals surface area contributed by atoms with Crippen LogP contribution in [-0.4, -0.2) is 33.2 Å². The highest BCUT2D eigenvalue weighted by atomic mass is 16.5. The summed E-state index contributed by atoms with van der Waals surface area (Å²) >= 11 is 0. The number of ether oxygens (including phenoxy) is 3. The van der Waals surface area contributed by atoms with E-state index in [1.54, 1.807) is 18.2 Å². The first-order valence-corrected chi connectivity index (χ1v) is 7.73. The Hall–Kier alpha value is -3.02. The van der Waals surface area contributed by atoms with Gasteiger partial charge in [0.15, 0.2) is 0 Å². The highest BCUT2D eigenvalue weighted by molar-refractivity contribution is 5.95. The van der Waals surface area contributed by atoms with Crippen molar-refractivity contribution in [2.45, 2.75) is 12.5 Å². The first-order chi connectivity index (χ1) is 12.1. The molecule has 0 aliphatic rings. The van der Waals surface area contributed by atoms with E-state index in [1.807, 2.05) is 30.3 Å². The van der Waals surface area contributed by atoms with E-state index in [1.165, 1.54) is 21.3 Å². The molecule has 6 heteroatoms. The van der Waals surface area contributed by atoms with Crippen LogP contribution in [-0.2, 0) is 9.53 Å². The highest BCUT2D eigenvalue weighted by Crippen LogP contribution is 2.24. The van der Waals surface area contributed by atoms with Gasteiger partial charge in [-0.2, -0.15) is 0 Å². The summed E-state index contributed by atoms with van der Waals surface area (Å²) in [4.78, 5) is 24.4. The molecule has 0 aromatic heterocycles. The fourth-order valence-electron chi connectivity index (χ4n) is 2.37. The summed E-state index contributed by atoms with van der Waals surface area (Å²) in [6, 6.07) is 13.7. The molecule has 0 aliphatic heterocycles. The molecule has 0 spiro atoms. The molecule has 1 unspecified atom stereocenters. The van der Waals surface area contributed by atoms with Gasteiger partial charge in [-0.3, -0.25) is 9.59 Å². The van der Waals surface area contributed by atoms with Gasteiger partial charge in [-0.25, -0.2) is 0 Å². The second-order valence-electron chi connectivity index (χ2n) is 5.32. The molecular formula is C19H21NO5. The van der Waals surface area contributed by atoms with Crippen LogP contribution >= 0.6 is 0 Å². The summed E-state index contributed by atoms with van der Waals surface area (Å²) in [5.74, 6) is 0.273. The number of carbonyl (C=O) groups excluding carboxylic acids is 2. The number of esters is 1. The molecule has 0 fully saturated rings. The predicted molar refractivity (Wildman–Crippen MR) is 92.8 cm³/mol. The summed E-state index contributed by atoms with van der Waals surface area (Å²) in [6.45, 7) is 0. The molecule has 132 valence electrons. The molecule has 25 heavy (non-hydrogen) atoms. The Labute approximate surface area is 146 Å². The second kappa shape index (κ2) is 8.73. The SMILES string of the molecule is COC(=O)CC(NC(=O)c1cc(OC)cc(OC)c1)c1ccccc1. The van der Waals surface area contributed by atoms with Crippen molar-refractivity contribution >= 4 is 11.9 Å². The lowest BCUT2D eigenvalue weighted by molar-refractivity contribution is -0.141. The first kappa shape index (κ1) is 18.3. The van der Waals surface area contributed by atoms with Crippen LogP contribution in [0.2, 0.25) is 0 Å². The zero-order chi connectivity index (χ0) is 18.2. The maximum absolute atomic E-state index is 12.7. The van der Waals surface area contributed by atoms with Crippen LogP contribution in [0.4, 0.5) is 0 Å². The smallest absolute Gasteiger partial charge is 0.307 e. The molecule has 2 rings (SSSR count). The van der Waals surface area contributed by atoms with Crippen LogP contribution in [0.5, 0.6) is 11.5 Å². The van der Waals surface area contributed by atoms with E-state index >= 15 is 0 Å². The molecule has 1 atom stereocenters. The number of hydrogen-bond acceptors (Lipinski definition) is 5. The monoisotopic (exact) mass is 343 g/mol. The minimum atomic E-state index is -0.502. The Bertz CT molecular complexity index is 708. The molecule has 0 radical (unpaired) electrons. The van der Waals surface area contributed by atoms with E-state index in [4.69, 9.17) is 14.2 Å². The third kappa shape index (κ3) is 4.97. The van der Waals surface area contributed by atoms with Gasteiger partial charge in [-0.1, -0.05) is 30.3 Å². The van der Waals surface area contributed by atoms with Crippen molar-refractivity contribution in [3.05, 3.63) is 59.7 Å². The minimum Gasteiger partial charge on any atom is -0.497 e.